The van der Waals surface area contributed by atoms with Crippen molar-refractivity contribution in [2.75, 3.05) is 12.8 Å². The Bertz CT molecular complexity index is 580. The van der Waals surface area contributed by atoms with E-state index in [0.717, 1.165) is 11.3 Å². The van der Waals surface area contributed by atoms with Gasteiger partial charge in [0.15, 0.2) is 5.82 Å². The van der Waals surface area contributed by atoms with Crippen molar-refractivity contribution in [2.24, 2.45) is 5.73 Å². The first kappa shape index (κ1) is 11.8. The summed E-state index contributed by atoms with van der Waals surface area (Å²) in [7, 11) is 1.60. The average molecular weight is 243 g/mol. The van der Waals surface area contributed by atoms with Crippen LogP contribution in [-0.2, 0) is 0 Å². The van der Waals surface area contributed by atoms with Crippen molar-refractivity contribution >= 4 is 11.7 Å². The Kier molecular flexibility index (Phi) is 3.09. The Labute approximate surface area is 104 Å². The maximum Gasteiger partial charge on any atom is 0.153 e. The standard InChI is InChI=1S/C12H13N5O/c1-18-8-4-2-7(3-5-8)9-6-16-12(15)10(17-9)11(13)14/h2-6H,1H3,(H3,13,14)(H2,15,16). The molecule has 1 aromatic heterocycles. The van der Waals surface area contributed by atoms with Crippen molar-refractivity contribution in [1.82, 2.24) is 9.97 Å². The molecule has 92 valence electrons. The summed E-state index contributed by atoms with van der Waals surface area (Å²) in [6.45, 7) is 0. The van der Waals surface area contributed by atoms with Gasteiger partial charge in [-0.2, -0.15) is 0 Å². The topological polar surface area (TPSA) is 111 Å². The summed E-state index contributed by atoms with van der Waals surface area (Å²) in [5.41, 5.74) is 12.6. The molecule has 0 saturated carbocycles. The smallest absolute Gasteiger partial charge is 0.153 e. The highest BCUT2D eigenvalue weighted by molar-refractivity contribution is 5.97. The molecule has 1 heterocycles. The van der Waals surface area contributed by atoms with E-state index in [1.54, 1.807) is 13.3 Å². The second-order valence-electron chi connectivity index (χ2n) is 3.63. The molecule has 0 aliphatic heterocycles. The number of nitrogens with zero attached hydrogens (tertiary/aromatic N) is 2. The van der Waals surface area contributed by atoms with Gasteiger partial charge in [-0.05, 0) is 24.3 Å². The minimum absolute atomic E-state index is 0.153. The number of nitrogens with one attached hydrogen (secondary N) is 1. The molecule has 0 unspecified atom stereocenters. The SMILES string of the molecule is COc1ccc(-c2cnc(N)c(C(=N)N)n2)cc1. The molecular weight excluding hydrogens is 230 g/mol. The fourth-order valence-electron chi connectivity index (χ4n) is 1.50. The van der Waals surface area contributed by atoms with Crippen LogP contribution in [0.2, 0.25) is 0 Å². The van der Waals surface area contributed by atoms with Crippen LogP contribution in [0.15, 0.2) is 30.5 Å². The molecule has 0 saturated heterocycles. The van der Waals surface area contributed by atoms with Gasteiger partial charge in [0.1, 0.15) is 17.3 Å². The third-order valence-electron chi connectivity index (χ3n) is 2.44. The molecule has 6 nitrogen and oxygen atoms in total. The first-order valence-corrected chi connectivity index (χ1v) is 5.23. The summed E-state index contributed by atoms with van der Waals surface area (Å²) < 4.78 is 5.08. The molecule has 0 aliphatic carbocycles. The summed E-state index contributed by atoms with van der Waals surface area (Å²) in [6, 6.07) is 7.34. The lowest BCUT2D eigenvalue weighted by Crippen LogP contribution is -2.17. The van der Waals surface area contributed by atoms with Crippen LogP contribution in [0, 0.1) is 5.41 Å². The fourth-order valence-corrected chi connectivity index (χ4v) is 1.50. The van der Waals surface area contributed by atoms with E-state index >= 15 is 0 Å². The van der Waals surface area contributed by atoms with Crippen molar-refractivity contribution in [3.05, 3.63) is 36.2 Å². The van der Waals surface area contributed by atoms with Crippen LogP contribution in [0.1, 0.15) is 5.69 Å². The fraction of sp³-hybridized carbons (Fsp3) is 0.0833. The zero-order chi connectivity index (χ0) is 13.1. The van der Waals surface area contributed by atoms with E-state index in [4.69, 9.17) is 21.6 Å². The Morgan fingerprint density at radius 3 is 2.50 bits per heavy atom. The van der Waals surface area contributed by atoms with E-state index in [9.17, 15) is 0 Å². The summed E-state index contributed by atoms with van der Waals surface area (Å²) in [5, 5.41) is 7.37. The van der Waals surface area contributed by atoms with E-state index in [0.29, 0.717) is 5.69 Å². The largest absolute Gasteiger partial charge is 0.497 e. The minimum Gasteiger partial charge on any atom is -0.497 e. The van der Waals surface area contributed by atoms with Crippen LogP contribution in [-0.4, -0.2) is 22.9 Å². The molecule has 0 radical (unpaired) electrons. The normalized spacial score (nSPS) is 10.1. The summed E-state index contributed by atoms with van der Waals surface area (Å²) in [5.74, 6) is 0.712. The van der Waals surface area contributed by atoms with Crippen molar-refractivity contribution in [3.63, 3.8) is 0 Å². The molecule has 0 aliphatic rings. The van der Waals surface area contributed by atoms with Gasteiger partial charge < -0.3 is 16.2 Å². The second kappa shape index (κ2) is 4.70. The zero-order valence-corrected chi connectivity index (χ0v) is 9.84. The minimum atomic E-state index is -0.199. The number of hydrogen-bond donors (Lipinski definition) is 3. The van der Waals surface area contributed by atoms with Gasteiger partial charge in [0.25, 0.3) is 0 Å². The monoisotopic (exact) mass is 243 g/mol. The van der Waals surface area contributed by atoms with Gasteiger partial charge >= 0.3 is 0 Å². The molecule has 5 N–H and O–H groups in total. The van der Waals surface area contributed by atoms with Gasteiger partial charge in [0.05, 0.1) is 19.0 Å². The van der Waals surface area contributed by atoms with Crippen molar-refractivity contribution in [1.29, 1.82) is 5.41 Å². The first-order chi connectivity index (χ1) is 8.61. The average Bonchev–Trinajstić information content (AvgIpc) is 2.39. The number of aromatic nitrogens is 2. The lowest BCUT2D eigenvalue weighted by molar-refractivity contribution is 0.415. The van der Waals surface area contributed by atoms with E-state index in [2.05, 4.69) is 9.97 Å². The number of ether oxygens (including phenoxy) is 1. The van der Waals surface area contributed by atoms with Crippen LogP contribution in [0.4, 0.5) is 5.82 Å². The van der Waals surface area contributed by atoms with Gasteiger partial charge in [-0.15, -0.1) is 0 Å². The summed E-state index contributed by atoms with van der Waals surface area (Å²) in [4.78, 5) is 8.20. The predicted molar refractivity (Wildman–Crippen MR) is 69.4 cm³/mol. The highest BCUT2D eigenvalue weighted by Crippen LogP contribution is 2.21. The molecule has 0 amide bonds. The Morgan fingerprint density at radius 1 is 1.28 bits per heavy atom. The Morgan fingerprint density at radius 2 is 1.94 bits per heavy atom. The molecule has 2 aromatic rings. The van der Waals surface area contributed by atoms with Gasteiger partial charge in [-0.25, -0.2) is 9.97 Å². The van der Waals surface area contributed by atoms with Crippen LogP contribution in [0.5, 0.6) is 5.75 Å². The van der Waals surface area contributed by atoms with E-state index in [1.807, 2.05) is 24.3 Å². The van der Waals surface area contributed by atoms with E-state index < -0.39 is 0 Å². The van der Waals surface area contributed by atoms with E-state index in [-0.39, 0.29) is 17.3 Å². The Hall–Kier alpha value is -2.63. The molecule has 0 spiro atoms. The van der Waals surface area contributed by atoms with E-state index in [1.165, 1.54) is 0 Å². The number of nitrogen functional groups attached to an aromatic ring is 2. The number of methoxy groups -OCH3 is 1. The molecule has 6 heteroatoms. The van der Waals surface area contributed by atoms with Crippen LogP contribution >= 0.6 is 0 Å². The maximum absolute atomic E-state index is 7.37. The second-order valence-corrected chi connectivity index (χ2v) is 3.63. The van der Waals surface area contributed by atoms with Crippen molar-refractivity contribution < 1.29 is 4.74 Å². The summed E-state index contributed by atoms with van der Waals surface area (Å²) >= 11 is 0. The number of benzene rings is 1. The molecule has 1 aromatic carbocycles. The van der Waals surface area contributed by atoms with Gasteiger partial charge in [0.2, 0.25) is 0 Å². The van der Waals surface area contributed by atoms with Crippen LogP contribution in [0.3, 0.4) is 0 Å². The number of hydrogen-bond acceptors (Lipinski definition) is 5. The first-order valence-electron chi connectivity index (χ1n) is 5.23. The third kappa shape index (κ3) is 2.22. The highest BCUT2D eigenvalue weighted by atomic mass is 16.5. The predicted octanol–water partition coefficient (Wildman–Crippen LogP) is 1.02. The lowest BCUT2D eigenvalue weighted by Gasteiger charge is -2.06. The molecule has 18 heavy (non-hydrogen) atoms. The quantitative estimate of drug-likeness (QED) is 0.550. The highest BCUT2D eigenvalue weighted by Gasteiger charge is 2.08. The maximum atomic E-state index is 7.37. The van der Waals surface area contributed by atoms with Gasteiger partial charge in [0, 0.05) is 5.56 Å². The molecule has 0 fully saturated rings. The van der Waals surface area contributed by atoms with Gasteiger partial charge in [-0.3, -0.25) is 5.41 Å². The van der Waals surface area contributed by atoms with Gasteiger partial charge in [-0.1, -0.05) is 0 Å². The molecule has 0 atom stereocenters. The van der Waals surface area contributed by atoms with Crippen LogP contribution in [0.25, 0.3) is 11.3 Å². The number of anilines is 1. The molecule has 2 rings (SSSR count). The zero-order valence-electron chi connectivity index (χ0n) is 9.84. The number of nitrogens with two attached hydrogens (primary N) is 2. The lowest BCUT2D eigenvalue weighted by atomic mass is 10.1. The molecule has 0 bridgehead atoms. The van der Waals surface area contributed by atoms with Crippen molar-refractivity contribution in [2.45, 2.75) is 0 Å². The summed E-state index contributed by atoms with van der Waals surface area (Å²) in [6.07, 6.45) is 1.55. The number of rotatable bonds is 3. The van der Waals surface area contributed by atoms with Crippen LogP contribution < -0.4 is 16.2 Å². The van der Waals surface area contributed by atoms with Crippen molar-refractivity contribution in [3.8, 4) is 17.0 Å². The molecular formula is C12H13N5O. The Balaban J connectivity index is 2.44. The third-order valence-corrected chi connectivity index (χ3v) is 2.44. The number of amidine groups is 1.